The van der Waals surface area contributed by atoms with Gasteiger partial charge in [-0.15, -0.1) is 0 Å². The van der Waals surface area contributed by atoms with Crippen molar-refractivity contribution in [1.29, 1.82) is 0 Å². The first-order chi connectivity index (χ1) is 20.5. The average Bonchev–Trinajstić information content (AvgIpc) is 3.05. The maximum absolute atomic E-state index is 4.83. The van der Waals surface area contributed by atoms with Crippen molar-refractivity contribution in [3.05, 3.63) is 139 Å². The summed E-state index contributed by atoms with van der Waals surface area (Å²) in [5.74, 6) is 2.85. The molecule has 0 bridgehead atoms. The number of hydrogen-bond acceptors (Lipinski definition) is 3. The molecule has 0 aliphatic carbocycles. The van der Waals surface area contributed by atoms with Crippen LogP contribution in [0.1, 0.15) is 50.9 Å². The molecule has 0 aliphatic rings. The van der Waals surface area contributed by atoms with Crippen LogP contribution >= 0.6 is 0 Å². The SMILES string of the molecule is CC(C)c1nc(-c2ccccc2)nc(-c2ccc(-c3ccc(-c4cc(-c5ccccc5)ccc4C(C)C)cc3)cc2)n1. The van der Waals surface area contributed by atoms with Crippen LogP contribution in [0.5, 0.6) is 0 Å². The van der Waals surface area contributed by atoms with Crippen LogP contribution in [-0.4, -0.2) is 15.0 Å². The number of nitrogens with zero attached hydrogens (tertiary/aromatic N) is 3. The van der Waals surface area contributed by atoms with E-state index in [0.717, 1.165) is 22.5 Å². The molecule has 5 aromatic carbocycles. The molecule has 1 aromatic heterocycles. The van der Waals surface area contributed by atoms with E-state index < -0.39 is 0 Å². The van der Waals surface area contributed by atoms with E-state index in [1.165, 1.54) is 33.4 Å². The summed E-state index contributed by atoms with van der Waals surface area (Å²) in [4.78, 5) is 14.4. The topological polar surface area (TPSA) is 38.7 Å². The summed E-state index contributed by atoms with van der Waals surface area (Å²) < 4.78 is 0. The van der Waals surface area contributed by atoms with Crippen molar-refractivity contribution < 1.29 is 0 Å². The number of rotatable bonds is 7. The van der Waals surface area contributed by atoms with Crippen molar-refractivity contribution >= 4 is 0 Å². The molecule has 42 heavy (non-hydrogen) atoms. The molecule has 206 valence electrons. The third-order valence-corrected chi connectivity index (χ3v) is 7.66. The van der Waals surface area contributed by atoms with E-state index in [-0.39, 0.29) is 5.92 Å². The second-order valence-corrected chi connectivity index (χ2v) is 11.3. The number of aromatic nitrogens is 3. The molecule has 0 atom stereocenters. The van der Waals surface area contributed by atoms with E-state index in [1.54, 1.807) is 0 Å². The van der Waals surface area contributed by atoms with Gasteiger partial charge in [-0.3, -0.25) is 0 Å². The molecule has 0 fully saturated rings. The molecule has 0 amide bonds. The van der Waals surface area contributed by atoms with E-state index in [4.69, 9.17) is 15.0 Å². The van der Waals surface area contributed by atoms with Crippen LogP contribution in [0, 0.1) is 0 Å². The molecule has 6 rings (SSSR count). The van der Waals surface area contributed by atoms with Gasteiger partial charge < -0.3 is 0 Å². The summed E-state index contributed by atoms with van der Waals surface area (Å²) in [5, 5.41) is 0. The van der Waals surface area contributed by atoms with Gasteiger partial charge in [0, 0.05) is 17.0 Å². The average molecular weight is 546 g/mol. The summed E-state index contributed by atoms with van der Waals surface area (Å²) in [6.45, 7) is 8.75. The van der Waals surface area contributed by atoms with Crippen LogP contribution in [0.2, 0.25) is 0 Å². The van der Waals surface area contributed by atoms with Crippen molar-refractivity contribution in [3.8, 4) is 56.2 Å². The number of hydrogen-bond donors (Lipinski definition) is 0. The fourth-order valence-electron chi connectivity index (χ4n) is 5.27. The molecule has 6 aromatic rings. The Labute approximate surface area is 249 Å². The van der Waals surface area contributed by atoms with Gasteiger partial charge in [-0.2, -0.15) is 0 Å². The molecule has 0 N–H and O–H groups in total. The third kappa shape index (κ3) is 5.77. The fraction of sp³-hybridized carbons (Fsp3) is 0.154. The maximum Gasteiger partial charge on any atom is 0.163 e. The highest BCUT2D eigenvalue weighted by molar-refractivity contribution is 5.78. The molecule has 0 saturated carbocycles. The Balaban J connectivity index is 1.30. The first kappa shape index (κ1) is 27.3. The van der Waals surface area contributed by atoms with Gasteiger partial charge in [-0.25, -0.2) is 15.0 Å². The fourth-order valence-corrected chi connectivity index (χ4v) is 5.27. The van der Waals surface area contributed by atoms with E-state index in [9.17, 15) is 0 Å². The second-order valence-electron chi connectivity index (χ2n) is 11.3. The first-order valence-electron chi connectivity index (χ1n) is 14.7. The Morgan fingerprint density at radius 1 is 0.381 bits per heavy atom. The molecule has 0 saturated heterocycles. The lowest BCUT2D eigenvalue weighted by molar-refractivity contribution is 0.766. The normalized spacial score (nSPS) is 11.3. The van der Waals surface area contributed by atoms with Gasteiger partial charge in [-0.05, 0) is 50.9 Å². The van der Waals surface area contributed by atoms with Crippen LogP contribution in [0.25, 0.3) is 56.2 Å². The quantitative estimate of drug-likeness (QED) is 0.200. The van der Waals surface area contributed by atoms with E-state index in [2.05, 4.69) is 125 Å². The lowest BCUT2D eigenvalue weighted by atomic mass is 9.89. The zero-order valence-electron chi connectivity index (χ0n) is 24.6. The monoisotopic (exact) mass is 545 g/mol. The minimum Gasteiger partial charge on any atom is -0.213 e. The van der Waals surface area contributed by atoms with Crippen molar-refractivity contribution in [2.75, 3.05) is 0 Å². The Morgan fingerprint density at radius 3 is 1.33 bits per heavy atom. The third-order valence-electron chi connectivity index (χ3n) is 7.66. The highest BCUT2D eigenvalue weighted by Crippen LogP contribution is 2.35. The highest BCUT2D eigenvalue weighted by Gasteiger charge is 2.14. The summed E-state index contributed by atoms with van der Waals surface area (Å²) in [6, 6.07) is 45.0. The largest absolute Gasteiger partial charge is 0.213 e. The minimum atomic E-state index is 0.205. The van der Waals surface area contributed by atoms with Gasteiger partial charge in [0.15, 0.2) is 11.6 Å². The second kappa shape index (κ2) is 11.9. The lowest BCUT2D eigenvalue weighted by Gasteiger charge is -2.16. The van der Waals surface area contributed by atoms with E-state index in [0.29, 0.717) is 17.6 Å². The maximum atomic E-state index is 4.83. The molecular formula is C39H35N3. The van der Waals surface area contributed by atoms with Crippen molar-refractivity contribution in [1.82, 2.24) is 15.0 Å². The Hall–Kier alpha value is -4.89. The summed E-state index contributed by atoms with van der Waals surface area (Å²) in [5.41, 5.74) is 10.7. The molecule has 3 nitrogen and oxygen atoms in total. The summed E-state index contributed by atoms with van der Waals surface area (Å²) in [6.07, 6.45) is 0. The van der Waals surface area contributed by atoms with Crippen molar-refractivity contribution in [2.24, 2.45) is 0 Å². The molecule has 0 radical (unpaired) electrons. The van der Waals surface area contributed by atoms with Crippen LogP contribution in [0.15, 0.2) is 127 Å². The predicted octanol–water partition coefficient (Wildman–Crippen LogP) is 10.5. The Morgan fingerprint density at radius 2 is 0.810 bits per heavy atom. The van der Waals surface area contributed by atoms with Crippen LogP contribution in [0.4, 0.5) is 0 Å². The van der Waals surface area contributed by atoms with Gasteiger partial charge in [0.25, 0.3) is 0 Å². The van der Waals surface area contributed by atoms with Crippen molar-refractivity contribution in [3.63, 3.8) is 0 Å². The highest BCUT2D eigenvalue weighted by atomic mass is 15.0. The van der Waals surface area contributed by atoms with Gasteiger partial charge in [0.1, 0.15) is 5.82 Å². The standard InChI is InChI=1S/C39H35N3/c1-26(2)35-24-23-34(28-11-7-5-8-12-28)25-36(35)31-19-15-29(16-20-31)30-17-21-33(22-18-30)39-41-37(27(3)4)40-38(42-39)32-13-9-6-10-14-32/h5-27H,1-4H3. The zero-order valence-corrected chi connectivity index (χ0v) is 24.6. The molecule has 0 aliphatic heterocycles. The predicted molar refractivity (Wildman–Crippen MR) is 175 cm³/mol. The summed E-state index contributed by atoms with van der Waals surface area (Å²) in [7, 11) is 0. The van der Waals surface area contributed by atoms with Crippen molar-refractivity contribution in [2.45, 2.75) is 39.5 Å². The van der Waals surface area contributed by atoms with E-state index >= 15 is 0 Å². The smallest absolute Gasteiger partial charge is 0.163 e. The van der Waals surface area contributed by atoms with Gasteiger partial charge in [0.2, 0.25) is 0 Å². The first-order valence-corrected chi connectivity index (χ1v) is 14.7. The van der Waals surface area contributed by atoms with Gasteiger partial charge in [-0.1, -0.05) is 149 Å². The summed E-state index contributed by atoms with van der Waals surface area (Å²) >= 11 is 0. The lowest BCUT2D eigenvalue weighted by Crippen LogP contribution is -2.04. The minimum absolute atomic E-state index is 0.205. The van der Waals surface area contributed by atoms with Crippen LogP contribution < -0.4 is 0 Å². The Bertz CT molecular complexity index is 1790. The van der Waals surface area contributed by atoms with Crippen LogP contribution in [0.3, 0.4) is 0 Å². The van der Waals surface area contributed by atoms with Gasteiger partial charge in [0.05, 0.1) is 0 Å². The molecule has 3 heteroatoms. The molecule has 0 unspecified atom stereocenters. The molecular weight excluding hydrogens is 510 g/mol. The molecule has 1 heterocycles. The van der Waals surface area contributed by atoms with Crippen LogP contribution in [-0.2, 0) is 0 Å². The van der Waals surface area contributed by atoms with E-state index in [1.807, 2.05) is 30.3 Å². The molecule has 0 spiro atoms. The Kier molecular flexibility index (Phi) is 7.74. The van der Waals surface area contributed by atoms with Gasteiger partial charge >= 0.3 is 0 Å². The number of benzene rings is 5. The zero-order chi connectivity index (χ0) is 29.1.